The molecule has 3 aliphatic rings. The van der Waals surface area contributed by atoms with E-state index in [9.17, 15) is 9.59 Å². The minimum Gasteiger partial charge on any atom is -0.469 e. The number of rotatable bonds is 5. The Morgan fingerprint density at radius 2 is 1.94 bits per heavy atom. The number of carbonyl (C=O) groups is 2. The first kappa shape index (κ1) is 22.3. The molecule has 1 amide bonds. The van der Waals surface area contributed by atoms with Crippen LogP contribution in [-0.2, 0) is 14.3 Å². The molecule has 170 valence electrons. The van der Waals surface area contributed by atoms with Gasteiger partial charge in [-0.05, 0) is 24.8 Å². The molecular weight excluding hydrogens is 406 g/mol. The highest BCUT2D eigenvalue weighted by atomic mass is 16.5. The quantitative estimate of drug-likeness (QED) is 0.517. The van der Waals surface area contributed by atoms with E-state index in [1.165, 1.54) is 12.7 Å². The van der Waals surface area contributed by atoms with Crippen molar-refractivity contribution in [2.45, 2.75) is 31.6 Å². The van der Waals surface area contributed by atoms with E-state index in [1.54, 1.807) is 0 Å². The standard InChI is InChI=1S/C24H31N5O3/c1-32-24(31)21-15-27(17-29-11-5-8-22(29)26-16-25)12-10-20(21)23(30)28-13-9-19(14-28)18-6-3-2-4-7-18/h2-4,6-7,19-21H,5,8-15,17H2,1H3/t19-,20-,21-/m0/s1. The van der Waals surface area contributed by atoms with Gasteiger partial charge in [0, 0.05) is 45.1 Å². The summed E-state index contributed by atoms with van der Waals surface area (Å²) < 4.78 is 5.08. The second kappa shape index (κ2) is 10.1. The van der Waals surface area contributed by atoms with Gasteiger partial charge in [-0.15, -0.1) is 0 Å². The van der Waals surface area contributed by atoms with Crippen LogP contribution in [0.5, 0.6) is 0 Å². The summed E-state index contributed by atoms with van der Waals surface area (Å²) in [6.07, 6.45) is 5.25. The molecule has 3 aliphatic heterocycles. The number of methoxy groups -OCH3 is 1. The van der Waals surface area contributed by atoms with Crippen molar-refractivity contribution in [3.63, 3.8) is 0 Å². The smallest absolute Gasteiger partial charge is 0.310 e. The van der Waals surface area contributed by atoms with Gasteiger partial charge in [-0.25, -0.2) is 0 Å². The van der Waals surface area contributed by atoms with Gasteiger partial charge in [-0.1, -0.05) is 30.3 Å². The van der Waals surface area contributed by atoms with Crippen LogP contribution in [0.3, 0.4) is 0 Å². The molecule has 0 aliphatic carbocycles. The molecule has 32 heavy (non-hydrogen) atoms. The van der Waals surface area contributed by atoms with Crippen LogP contribution in [-0.4, -0.2) is 78.9 Å². The maximum atomic E-state index is 13.4. The number of amidine groups is 1. The molecule has 0 radical (unpaired) electrons. The first-order valence-electron chi connectivity index (χ1n) is 11.4. The first-order valence-corrected chi connectivity index (χ1v) is 11.4. The summed E-state index contributed by atoms with van der Waals surface area (Å²) in [5.74, 6) is 0.0924. The number of hydrogen-bond acceptors (Lipinski definition) is 6. The molecule has 3 saturated heterocycles. The maximum Gasteiger partial charge on any atom is 0.310 e. The number of amides is 1. The van der Waals surface area contributed by atoms with E-state index >= 15 is 0 Å². The normalized spacial score (nSPS) is 27.5. The Morgan fingerprint density at radius 3 is 2.69 bits per heavy atom. The first-order chi connectivity index (χ1) is 15.6. The molecule has 0 aromatic heterocycles. The van der Waals surface area contributed by atoms with Crippen LogP contribution in [0.1, 0.15) is 37.2 Å². The molecule has 0 unspecified atom stereocenters. The highest BCUT2D eigenvalue weighted by Gasteiger charge is 2.43. The molecule has 0 spiro atoms. The van der Waals surface area contributed by atoms with Crippen LogP contribution < -0.4 is 0 Å². The van der Waals surface area contributed by atoms with Crippen LogP contribution in [0, 0.1) is 23.3 Å². The van der Waals surface area contributed by atoms with Gasteiger partial charge in [0.2, 0.25) is 12.1 Å². The molecule has 1 aromatic carbocycles. The third-order valence-corrected chi connectivity index (χ3v) is 7.03. The Hall–Kier alpha value is -2.92. The van der Waals surface area contributed by atoms with Gasteiger partial charge < -0.3 is 14.5 Å². The van der Waals surface area contributed by atoms with Crippen LogP contribution in [0.2, 0.25) is 0 Å². The van der Waals surface area contributed by atoms with E-state index in [0.717, 1.165) is 44.7 Å². The molecule has 8 nitrogen and oxygen atoms in total. The lowest BCUT2D eigenvalue weighted by atomic mass is 9.84. The molecule has 4 rings (SSSR count). The minimum absolute atomic E-state index is 0.0754. The van der Waals surface area contributed by atoms with Crippen LogP contribution in [0.4, 0.5) is 0 Å². The maximum absolute atomic E-state index is 13.4. The lowest BCUT2D eigenvalue weighted by molar-refractivity contribution is -0.156. The largest absolute Gasteiger partial charge is 0.469 e. The van der Waals surface area contributed by atoms with E-state index in [1.807, 2.05) is 29.3 Å². The molecular formula is C24H31N5O3. The Balaban J connectivity index is 1.40. The van der Waals surface area contributed by atoms with Crippen molar-refractivity contribution in [2.24, 2.45) is 16.8 Å². The average molecular weight is 438 g/mol. The van der Waals surface area contributed by atoms with Gasteiger partial charge in [-0.2, -0.15) is 10.3 Å². The predicted molar refractivity (Wildman–Crippen MR) is 119 cm³/mol. The summed E-state index contributed by atoms with van der Waals surface area (Å²) in [4.78, 5) is 36.2. The third-order valence-electron chi connectivity index (χ3n) is 7.03. The highest BCUT2D eigenvalue weighted by molar-refractivity contribution is 5.86. The Labute approximate surface area is 189 Å². The monoisotopic (exact) mass is 437 g/mol. The Kier molecular flexibility index (Phi) is 7.05. The minimum atomic E-state index is -0.476. The molecule has 3 atom stereocenters. The van der Waals surface area contributed by atoms with Gasteiger partial charge in [0.1, 0.15) is 5.84 Å². The summed E-state index contributed by atoms with van der Waals surface area (Å²) in [5, 5.41) is 8.91. The van der Waals surface area contributed by atoms with Gasteiger partial charge >= 0.3 is 5.97 Å². The fourth-order valence-electron chi connectivity index (χ4n) is 5.32. The zero-order valence-corrected chi connectivity index (χ0v) is 18.7. The lowest BCUT2D eigenvalue weighted by Gasteiger charge is -2.39. The van der Waals surface area contributed by atoms with E-state index in [-0.39, 0.29) is 17.8 Å². The number of aliphatic imine (C=N–C) groups is 1. The Bertz CT molecular complexity index is 897. The van der Waals surface area contributed by atoms with Gasteiger partial charge in [-0.3, -0.25) is 14.5 Å². The van der Waals surface area contributed by atoms with E-state index in [4.69, 9.17) is 10.00 Å². The van der Waals surface area contributed by atoms with E-state index < -0.39 is 5.92 Å². The van der Waals surface area contributed by atoms with E-state index in [2.05, 4.69) is 26.9 Å². The van der Waals surface area contributed by atoms with Crippen LogP contribution in [0.25, 0.3) is 0 Å². The zero-order valence-electron chi connectivity index (χ0n) is 18.7. The van der Waals surface area contributed by atoms with Crippen molar-refractivity contribution in [1.29, 1.82) is 5.26 Å². The number of nitriles is 1. The van der Waals surface area contributed by atoms with Gasteiger partial charge in [0.05, 0.1) is 25.6 Å². The topological polar surface area (TPSA) is 89.2 Å². The molecule has 0 saturated carbocycles. The number of hydrogen-bond donors (Lipinski definition) is 0. The van der Waals surface area contributed by atoms with Crippen molar-refractivity contribution in [1.82, 2.24) is 14.7 Å². The zero-order chi connectivity index (χ0) is 22.5. The second-order valence-corrected chi connectivity index (χ2v) is 8.92. The van der Waals surface area contributed by atoms with Gasteiger partial charge in [0.25, 0.3) is 0 Å². The number of nitrogens with zero attached hydrogens (tertiary/aromatic N) is 5. The van der Waals surface area contributed by atoms with Crippen molar-refractivity contribution in [3.05, 3.63) is 35.9 Å². The van der Waals surface area contributed by atoms with Crippen molar-refractivity contribution < 1.29 is 14.3 Å². The number of likely N-dealkylation sites (tertiary alicyclic amines) is 3. The SMILES string of the molecule is COC(=O)[C@H]1CN(CN2CCCC2=NC#N)CC[C@@H]1C(=O)N1CC[C@H](c2ccccc2)C1. The Morgan fingerprint density at radius 1 is 1.12 bits per heavy atom. The molecule has 0 bridgehead atoms. The molecule has 3 fully saturated rings. The number of esters is 1. The molecule has 1 aromatic rings. The number of carbonyl (C=O) groups excluding carboxylic acids is 2. The fourth-order valence-corrected chi connectivity index (χ4v) is 5.32. The summed E-state index contributed by atoms with van der Waals surface area (Å²) in [6, 6.07) is 10.3. The lowest BCUT2D eigenvalue weighted by Crippen LogP contribution is -2.52. The summed E-state index contributed by atoms with van der Waals surface area (Å²) in [6.45, 7) is 4.13. The van der Waals surface area contributed by atoms with Gasteiger partial charge in [0.15, 0.2) is 0 Å². The van der Waals surface area contributed by atoms with Crippen molar-refractivity contribution in [3.8, 4) is 6.19 Å². The summed E-state index contributed by atoms with van der Waals surface area (Å²) >= 11 is 0. The predicted octanol–water partition coefficient (Wildman–Crippen LogP) is 2.05. The number of ether oxygens (including phenoxy) is 1. The van der Waals surface area contributed by atoms with Crippen molar-refractivity contribution in [2.75, 3.05) is 46.5 Å². The highest BCUT2D eigenvalue weighted by Crippen LogP contribution is 2.32. The molecule has 8 heteroatoms. The summed E-state index contributed by atoms with van der Waals surface area (Å²) in [7, 11) is 1.39. The number of piperidine rings is 1. The number of benzene rings is 1. The third kappa shape index (κ3) is 4.78. The summed E-state index contributed by atoms with van der Waals surface area (Å²) in [5.41, 5.74) is 1.27. The average Bonchev–Trinajstić information content (AvgIpc) is 3.49. The van der Waals surface area contributed by atoms with E-state index in [0.29, 0.717) is 32.1 Å². The fraction of sp³-hybridized carbons (Fsp3) is 0.583. The van der Waals surface area contributed by atoms with Crippen molar-refractivity contribution >= 4 is 17.7 Å². The van der Waals surface area contributed by atoms with Crippen LogP contribution >= 0.6 is 0 Å². The molecule has 0 N–H and O–H groups in total. The second-order valence-electron chi connectivity index (χ2n) is 8.92. The van der Waals surface area contributed by atoms with Crippen LogP contribution in [0.15, 0.2) is 35.3 Å². The molecule has 3 heterocycles.